The van der Waals surface area contributed by atoms with Gasteiger partial charge in [0, 0.05) is 38.3 Å². The van der Waals surface area contributed by atoms with Crippen LogP contribution < -0.4 is 10.5 Å². The van der Waals surface area contributed by atoms with Gasteiger partial charge in [-0.15, -0.1) is 0 Å². The highest BCUT2D eigenvalue weighted by atomic mass is 16.4. The summed E-state index contributed by atoms with van der Waals surface area (Å²) in [5.74, 6) is 1.43. The van der Waals surface area contributed by atoms with Crippen molar-refractivity contribution in [3.05, 3.63) is 51.0 Å². The molecule has 2 aromatic rings. The number of anilines is 1. The minimum absolute atomic E-state index is 0.150. The van der Waals surface area contributed by atoms with Gasteiger partial charge in [0.15, 0.2) is 0 Å². The maximum Gasteiger partial charge on any atom is 0.349 e. The SMILES string of the molecule is CCCC(C)c1cc(C)c(C(=O)N2CCN(c3nc(C)cnc3C)CC2)c(=O)o1. The van der Waals surface area contributed by atoms with Gasteiger partial charge in [0.25, 0.3) is 5.91 Å². The Morgan fingerprint density at radius 3 is 2.52 bits per heavy atom. The van der Waals surface area contributed by atoms with E-state index in [4.69, 9.17) is 4.42 Å². The fourth-order valence-corrected chi connectivity index (χ4v) is 3.81. The third-order valence-electron chi connectivity index (χ3n) is 5.51. The van der Waals surface area contributed by atoms with Crippen LogP contribution in [0.4, 0.5) is 5.82 Å². The molecule has 0 bridgehead atoms. The number of rotatable bonds is 5. The molecule has 1 aliphatic heterocycles. The molecule has 1 amide bonds. The maximum absolute atomic E-state index is 13.0. The number of aryl methyl sites for hydroxylation is 3. The summed E-state index contributed by atoms with van der Waals surface area (Å²) >= 11 is 0. The first-order valence-electron chi connectivity index (χ1n) is 10.3. The number of piperazine rings is 1. The molecule has 1 saturated heterocycles. The van der Waals surface area contributed by atoms with Crippen LogP contribution >= 0.6 is 0 Å². The van der Waals surface area contributed by atoms with Crippen molar-refractivity contribution in [2.45, 2.75) is 53.4 Å². The van der Waals surface area contributed by atoms with Crippen molar-refractivity contribution >= 4 is 11.7 Å². The molecule has 1 aliphatic rings. The monoisotopic (exact) mass is 398 g/mol. The normalized spacial score (nSPS) is 15.5. The van der Waals surface area contributed by atoms with E-state index in [0.29, 0.717) is 37.5 Å². The Bertz CT molecular complexity index is 946. The number of hydrogen-bond acceptors (Lipinski definition) is 6. The van der Waals surface area contributed by atoms with Crippen LogP contribution in [0.1, 0.15) is 65.7 Å². The molecule has 7 heteroatoms. The van der Waals surface area contributed by atoms with Gasteiger partial charge >= 0.3 is 5.63 Å². The van der Waals surface area contributed by atoms with Gasteiger partial charge in [-0.1, -0.05) is 20.3 Å². The fourth-order valence-electron chi connectivity index (χ4n) is 3.81. The van der Waals surface area contributed by atoms with Crippen LogP contribution in [0.5, 0.6) is 0 Å². The topological polar surface area (TPSA) is 79.5 Å². The van der Waals surface area contributed by atoms with E-state index in [-0.39, 0.29) is 17.4 Å². The first-order valence-corrected chi connectivity index (χ1v) is 10.3. The minimum atomic E-state index is -0.532. The zero-order valence-corrected chi connectivity index (χ0v) is 18.0. The van der Waals surface area contributed by atoms with Crippen molar-refractivity contribution in [3.8, 4) is 0 Å². The quantitative estimate of drug-likeness (QED) is 0.769. The molecule has 29 heavy (non-hydrogen) atoms. The lowest BCUT2D eigenvalue weighted by Crippen LogP contribution is -2.50. The Kier molecular flexibility index (Phi) is 6.35. The molecule has 0 N–H and O–H groups in total. The van der Waals surface area contributed by atoms with Crippen LogP contribution in [0, 0.1) is 20.8 Å². The summed E-state index contributed by atoms with van der Waals surface area (Å²) in [6.45, 7) is 12.2. The van der Waals surface area contributed by atoms with E-state index in [0.717, 1.165) is 30.0 Å². The van der Waals surface area contributed by atoms with Gasteiger partial charge in [0.2, 0.25) is 0 Å². The molecule has 0 aromatic carbocycles. The minimum Gasteiger partial charge on any atom is -0.427 e. The van der Waals surface area contributed by atoms with Crippen molar-refractivity contribution in [3.63, 3.8) is 0 Å². The highest BCUT2D eigenvalue weighted by molar-refractivity contribution is 5.95. The Morgan fingerprint density at radius 1 is 1.21 bits per heavy atom. The summed E-state index contributed by atoms with van der Waals surface area (Å²) in [7, 11) is 0. The van der Waals surface area contributed by atoms with Crippen LogP contribution in [0.15, 0.2) is 21.5 Å². The molecule has 0 aliphatic carbocycles. The van der Waals surface area contributed by atoms with E-state index in [2.05, 4.69) is 21.8 Å². The van der Waals surface area contributed by atoms with Crippen LogP contribution in [0.3, 0.4) is 0 Å². The third-order valence-corrected chi connectivity index (χ3v) is 5.51. The molecule has 0 radical (unpaired) electrons. The molecule has 2 aromatic heterocycles. The second kappa shape index (κ2) is 8.76. The summed E-state index contributed by atoms with van der Waals surface area (Å²) in [5.41, 5.74) is 2.05. The summed E-state index contributed by atoms with van der Waals surface area (Å²) < 4.78 is 5.50. The van der Waals surface area contributed by atoms with E-state index in [1.54, 1.807) is 11.1 Å². The molecule has 1 unspecified atom stereocenters. The van der Waals surface area contributed by atoms with Crippen molar-refractivity contribution in [2.24, 2.45) is 0 Å². The Balaban J connectivity index is 1.74. The lowest BCUT2D eigenvalue weighted by Gasteiger charge is -2.36. The maximum atomic E-state index is 13.0. The molecular formula is C22H30N4O3. The van der Waals surface area contributed by atoms with Crippen LogP contribution in [-0.2, 0) is 0 Å². The molecular weight excluding hydrogens is 368 g/mol. The Hall–Kier alpha value is -2.70. The van der Waals surface area contributed by atoms with Gasteiger partial charge < -0.3 is 14.2 Å². The van der Waals surface area contributed by atoms with Gasteiger partial charge in [-0.3, -0.25) is 9.78 Å². The largest absolute Gasteiger partial charge is 0.427 e. The molecule has 0 spiro atoms. The average Bonchev–Trinajstić information content (AvgIpc) is 2.69. The zero-order valence-electron chi connectivity index (χ0n) is 18.0. The van der Waals surface area contributed by atoms with E-state index < -0.39 is 5.63 Å². The number of nitrogens with zero attached hydrogens (tertiary/aromatic N) is 4. The Labute approximate surface area is 171 Å². The first-order chi connectivity index (χ1) is 13.8. The summed E-state index contributed by atoms with van der Waals surface area (Å²) in [5, 5.41) is 0. The van der Waals surface area contributed by atoms with Crippen molar-refractivity contribution in [1.29, 1.82) is 0 Å². The van der Waals surface area contributed by atoms with E-state index in [1.165, 1.54) is 0 Å². The van der Waals surface area contributed by atoms with Gasteiger partial charge in [0.1, 0.15) is 17.1 Å². The number of aromatic nitrogens is 2. The van der Waals surface area contributed by atoms with E-state index >= 15 is 0 Å². The van der Waals surface area contributed by atoms with Crippen molar-refractivity contribution < 1.29 is 9.21 Å². The smallest absolute Gasteiger partial charge is 0.349 e. The van der Waals surface area contributed by atoms with Gasteiger partial charge in [-0.2, -0.15) is 0 Å². The summed E-state index contributed by atoms with van der Waals surface area (Å²) in [6.07, 6.45) is 3.71. The highest BCUT2D eigenvalue weighted by Gasteiger charge is 2.28. The van der Waals surface area contributed by atoms with Gasteiger partial charge in [-0.05, 0) is 38.8 Å². The number of carbonyl (C=O) groups excluding carboxylic acids is 1. The van der Waals surface area contributed by atoms with Crippen molar-refractivity contribution in [2.75, 3.05) is 31.1 Å². The lowest BCUT2D eigenvalue weighted by atomic mass is 10.00. The second-order valence-electron chi connectivity index (χ2n) is 7.88. The lowest BCUT2D eigenvalue weighted by molar-refractivity contribution is 0.0740. The number of hydrogen-bond donors (Lipinski definition) is 0. The van der Waals surface area contributed by atoms with Crippen LogP contribution in [-0.4, -0.2) is 47.0 Å². The predicted octanol–water partition coefficient (Wildman–Crippen LogP) is 3.22. The third kappa shape index (κ3) is 4.49. The van der Waals surface area contributed by atoms with Gasteiger partial charge in [-0.25, -0.2) is 9.78 Å². The van der Waals surface area contributed by atoms with Crippen LogP contribution in [0.2, 0.25) is 0 Å². The molecule has 1 atom stereocenters. The average molecular weight is 399 g/mol. The van der Waals surface area contributed by atoms with E-state index in [1.807, 2.05) is 33.8 Å². The highest BCUT2D eigenvalue weighted by Crippen LogP contribution is 2.22. The molecule has 156 valence electrons. The molecule has 3 heterocycles. The van der Waals surface area contributed by atoms with E-state index in [9.17, 15) is 9.59 Å². The van der Waals surface area contributed by atoms with Crippen LogP contribution in [0.25, 0.3) is 0 Å². The molecule has 3 rings (SSSR count). The zero-order chi connectivity index (χ0) is 21.1. The summed E-state index contributed by atoms with van der Waals surface area (Å²) in [4.78, 5) is 38.4. The van der Waals surface area contributed by atoms with Gasteiger partial charge in [0.05, 0.1) is 11.4 Å². The first kappa shape index (κ1) is 21.0. The number of carbonyl (C=O) groups is 1. The number of amides is 1. The standard InChI is InChI=1S/C22H30N4O3/c1-6-7-14(2)18-12-15(3)19(22(28)29-18)21(27)26-10-8-25(9-11-26)20-17(5)23-13-16(4)24-20/h12-14H,6-11H2,1-5H3. The second-order valence-corrected chi connectivity index (χ2v) is 7.88. The molecule has 1 fully saturated rings. The summed E-state index contributed by atoms with van der Waals surface area (Å²) in [6, 6.07) is 1.84. The predicted molar refractivity (Wildman–Crippen MR) is 113 cm³/mol. The van der Waals surface area contributed by atoms with Crippen molar-refractivity contribution in [1.82, 2.24) is 14.9 Å². The fraction of sp³-hybridized carbons (Fsp3) is 0.545. The molecule has 0 saturated carbocycles. The Morgan fingerprint density at radius 2 is 1.90 bits per heavy atom. The molecule has 7 nitrogen and oxygen atoms in total.